The number of hydrogen-bond acceptors (Lipinski definition) is 3. The van der Waals surface area contributed by atoms with Crippen molar-refractivity contribution < 1.29 is 9.53 Å². The van der Waals surface area contributed by atoms with Crippen molar-refractivity contribution in [3.05, 3.63) is 54.1 Å². The molecule has 2 heterocycles. The highest BCUT2D eigenvalue weighted by Gasteiger charge is 2.22. The summed E-state index contributed by atoms with van der Waals surface area (Å²) >= 11 is 0. The van der Waals surface area contributed by atoms with Gasteiger partial charge in [-0.05, 0) is 12.0 Å². The normalized spacial score (nSPS) is 18.2. The Kier molecular flexibility index (Phi) is 5.08. The van der Waals surface area contributed by atoms with Gasteiger partial charge in [-0.15, -0.1) is 0 Å². The molecule has 2 atom stereocenters. The SMILES string of the molecule is CC(COCc1ccccc1)C(=O)NC1CCc2nccn2C1. The van der Waals surface area contributed by atoms with E-state index in [1.807, 2.05) is 49.6 Å². The largest absolute Gasteiger partial charge is 0.376 e. The Morgan fingerprint density at radius 1 is 1.43 bits per heavy atom. The third-order valence-corrected chi connectivity index (χ3v) is 4.21. The van der Waals surface area contributed by atoms with Crippen LogP contribution >= 0.6 is 0 Å². The van der Waals surface area contributed by atoms with E-state index in [1.54, 1.807) is 0 Å². The summed E-state index contributed by atoms with van der Waals surface area (Å²) in [6, 6.07) is 10.2. The van der Waals surface area contributed by atoms with E-state index in [0.717, 1.165) is 30.8 Å². The summed E-state index contributed by atoms with van der Waals surface area (Å²) in [5, 5.41) is 3.13. The van der Waals surface area contributed by atoms with Crippen LogP contribution in [0.25, 0.3) is 0 Å². The summed E-state index contributed by atoms with van der Waals surface area (Å²) in [7, 11) is 0. The summed E-state index contributed by atoms with van der Waals surface area (Å²) in [6.45, 7) is 3.69. The summed E-state index contributed by atoms with van der Waals surface area (Å²) in [6.07, 6.45) is 5.65. The zero-order valence-electron chi connectivity index (χ0n) is 13.4. The lowest BCUT2D eigenvalue weighted by Gasteiger charge is -2.26. The van der Waals surface area contributed by atoms with Crippen LogP contribution in [-0.2, 0) is 29.1 Å². The van der Waals surface area contributed by atoms with Crippen molar-refractivity contribution in [1.82, 2.24) is 14.9 Å². The third-order valence-electron chi connectivity index (χ3n) is 4.21. The molecule has 23 heavy (non-hydrogen) atoms. The molecule has 1 aromatic heterocycles. The molecule has 0 spiro atoms. The van der Waals surface area contributed by atoms with E-state index >= 15 is 0 Å². The Hall–Kier alpha value is -2.14. The molecule has 1 aliphatic rings. The second kappa shape index (κ2) is 7.42. The Morgan fingerprint density at radius 3 is 3.09 bits per heavy atom. The molecule has 0 saturated heterocycles. The van der Waals surface area contributed by atoms with E-state index in [2.05, 4.69) is 14.9 Å². The number of aromatic nitrogens is 2. The van der Waals surface area contributed by atoms with Gasteiger partial charge in [-0.3, -0.25) is 4.79 Å². The van der Waals surface area contributed by atoms with Crippen molar-refractivity contribution in [2.24, 2.45) is 5.92 Å². The molecular weight excluding hydrogens is 290 g/mol. The maximum absolute atomic E-state index is 12.3. The number of hydrogen-bond donors (Lipinski definition) is 1. The van der Waals surface area contributed by atoms with Crippen molar-refractivity contribution >= 4 is 5.91 Å². The van der Waals surface area contributed by atoms with Crippen LogP contribution in [0.15, 0.2) is 42.7 Å². The van der Waals surface area contributed by atoms with Crippen LogP contribution in [0.2, 0.25) is 0 Å². The van der Waals surface area contributed by atoms with Gasteiger partial charge in [0.2, 0.25) is 5.91 Å². The first-order valence-corrected chi connectivity index (χ1v) is 8.14. The van der Waals surface area contributed by atoms with E-state index < -0.39 is 0 Å². The Labute approximate surface area is 136 Å². The third kappa shape index (κ3) is 4.20. The number of imidazole rings is 1. The molecule has 3 rings (SSSR count). The lowest BCUT2D eigenvalue weighted by Crippen LogP contribution is -2.43. The monoisotopic (exact) mass is 313 g/mol. The summed E-state index contributed by atoms with van der Waals surface area (Å²) in [5.74, 6) is 1.02. The minimum absolute atomic E-state index is 0.0617. The number of carbonyl (C=O) groups excluding carboxylic acids is 1. The number of nitrogens with zero attached hydrogens (tertiary/aromatic N) is 2. The highest BCUT2D eigenvalue weighted by atomic mass is 16.5. The number of rotatable bonds is 6. The standard InChI is InChI=1S/C18H23N3O2/c1-14(12-23-13-15-5-3-2-4-6-15)18(22)20-16-7-8-17-19-9-10-21(17)11-16/h2-6,9-10,14,16H,7-8,11-13H2,1H3,(H,20,22). The predicted octanol–water partition coefficient (Wildman–Crippen LogP) is 2.17. The van der Waals surface area contributed by atoms with Gasteiger partial charge in [-0.1, -0.05) is 37.3 Å². The average molecular weight is 313 g/mol. The molecule has 0 bridgehead atoms. The highest BCUT2D eigenvalue weighted by Crippen LogP contribution is 2.13. The van der Waals surface area contributed by atoms with Crippen molar-refractivity contribution in [1.29, 1.82) is 0 Å². The van der Waals surface area contributed by atoms with E-state index in [1.165, 1.54) is 0 Å². The maximum atomic E-state index is 12.3. The zero-order valence-corrected chi connectivity index (χ0v) is 13.4. The first-order valence-electron chi connectivity index (χ1n) is 8.14. The topological polar surface area (TPSA) is 56.1 Å². The minimum atomic E-state index is -0.150. The fourth-order valence-electron chi connectivity index (χ4n) is 2.83. The fraction of sp³-hybridized carbons (Fsp3) is 0.444. The number of carbonyl (C=O) groups is 1. The Balaban J connectivity index is 1.41. The minimum Gasteiger partial charge on any atom is -0.376 e. The zero-order chi connectivity index (χ0) is 16.1. The van der Waals surface area contributed by atoms with E-state index in [4.69, 9.17) is 4.74 Å². The number of nitrogens with one attached hydrogen (secondary N) is 1. The fourth-order valence-corrected chi connectivity index (χ4v) is 2.83. The molecule has 1 N–H and O–H groups in total. The molecule has 1 aliphatic heterocycles. The van der Waals surface area contributed by atoms with Crippen molar-refractivity contribution in [3.63, 3.8) is 0 Å². The molecule has 0 fully saturated rings. The van der Waals surface area contributed by atoms with E-state index in [0.29, 0.717) is 13.2 Å². The molecule has 2 aromatic rings. The average Bonchev–Trinajstić information content (AvgIpc) is 3.03. The van der Waals surface area contributed by atoms with Gasteiger partial charge in [-0.2, -0.15) is 0 Å². The first-order chi connectivity index (χ1) is 11.2. The summed E-state index contributed by atoms with van der Waals surface area (Å²) in [5.41, 5.74) is 1.13. The molecule has 0 saturated carbocycles. The van der Waals surface area contributed by atoms with E-state index in [-0.39, 0.29) is 17.9 Å². The molecule has 5 heteroatoms. The smallest absolute Gasteiger partial charge is 0.225 e. The highest BCUT2D eigenvalue weighted by molar-refractivity contribution is 5.78. The summed E-state index contributed by atoms with van der Waals surface area (Å²) in [4.78, 5) is 16.6. The number of amides is 1. The number of fused-ring (bicyclic) bond motifs is 1. The van der Waals surface area contributed by atoms with Gasteiger partial charge in [0.15, 0.2) is 0 Å². The number of benzene rings is 1. The Bertz CT molecular complexity index is 639. The lowest BCUT2D eigenvalue weighted by atomic mass is 10.1. The van der Waals surface area contributed by atoms with Gasteiger partial charge < -0.3 is 14.6 Å². The van der Waals surface area contributed by atoms with Crippen LogP contribution in [0.5, 0.6) is 0 Å². The second-order valence-corrected chi connectivity index (χ2v) is 6.14. The van der Waals surface area contributed by atoms with Gasteiger partial charge in [0.25, 0.3) is 0 Å². The molecule has 1 amide bonds. The number of aryl methyl sites for hydroxylation is 1. The molecule has 0 aliphatic carbocycles. The van der Waals surface area contributed by atoms with Gasteiger partial charge in [-0.25, -0.2) is 4.98 Å². The lowest BCUT2D eigenvalue weighted by molar-refractivity contribution is -0.127. The van der Waals surface area contributed by atoms with Gasteiger partial charge >= 0.3 is 0 Å². The molecule has 5 nitrogen and oxygen atoms in total. The van der Waals surface area contributed by atoms with Gasteiger partial charge in [0, 0.05) is 31.4 Å². The van der Waals surface area contributed by atoms with Crippen LogP contribution in [0.4, 0.5) is 0 Å². The molecule has 1 aromatic carbocycles. The van der Waals surface area contributed by atoms with Crippen molar-refractivity contribution in [3.8, 4) is 0 Å². The van der Waals surface area contributed by atoms with E-state index in [9.17, 15) is 4.79 Å². The molecule has 122 valence electrons. The maximum Gasteiger partial charge on any atom is 0.225 e. The van der Waals surface area contributed by atoms with Gasteiger partial charge in [0.05, 0.1) is 19.1 Å². The Morgan fingerprint density at radius 2 is 2.26 bits per heavy atom. The van der Waals surface area contributed by atoms with Crippen LogP contribution in [-0.4, -0.2) is 28.1 Å². The van der Waals surface area contributed by atoms with Crippen molar-refractivity contribution in [2.75, 3.05) is 6.61 Å². The molecule has 2 unspecified atom stereocenters. The second-order valence-electron chi connectivity index (χ2n) is 6.14. The van der Waals surface area contributed by atoms with Gasteiger partial charge in [0.1, 0.15) is 5.82 Å². The van der Waals surface area contributed by atoms with Crippen LogP contribution in [0, 0.1) is 5.92 Å². The first kappa shape index (κ1) is 15.7. The van der Waals surface area contributed by atoms with Crippen LogP contribution < -0.4 is 5.32 Å². The predicted molar refractivity (Wildman–Crippen MR) is 87.7 cm³/mol. The van der Waals surface area contributed by atoms with Crippen molar-refractivity contribution in [2.45, 2.75) is 39.0 Å². The molecular formula is C18H23N3O2. The molecule has 0 radical (unpaired) electrons. The number of ether oxygens (including phenoxy) is 1. The quantitative estimate of drug-likeness (QED) is 0.889. The van der Waals surface area contributed by atoms with Crippen LogP contribution in [0.1, 0.15) is 24.7 Å². The van der Waals surface area contributed by atoms with Crippen LogP contribution in [0.3, 0.4) is 0 Å². The summed E-state index contributed by atoms with van der Waals surface area (Å²) < 4.78 is 7.78.